The lowest BCUT2D eigenvalue weighted by molar-refractivity contribution is -0.141. The highest BCUT2D eigenvalue weighted by Crippen LogP contribution is 2.38. The summed E-state index contributed by atoms with van der Waals surface area (Å²) >= 11 is 0. The van der Waals surface area contributed by atoms with Crippen molar-refractivity contribution in [2.45, 2.75) is 6.18 Å². The largest absolute Gasteiger partial charge is 0.473 e. The fourth-order valence-corrected chi connectivity index (χ4v) is 3.96. The second-order valence-electron chi connectivity index (χ2n) is 9.37. The van der Waals surface area contributed by atoms with Crippen LogP contribution in [0.15, 0.2) is 91.0 Å². The van der Waals surface area contributed by atoms with Gasteiger partial charge in [0.25, 0.3) is 23.6 Å². The zero-order valence-electron chi connectivity index (χ0n) is 23.4. The summed E-state index contributed by atoms with van der Waals surface area (Å²) < 4.78 is 67.8. The molecule has 0 aliphatic carbocycles. The molecule has 2 heterocycles. The van der Waals surface area contributed by atoms with E-state index in [1.165, 1.54) is 48.5 Å². The molecule has 12 nitrogen and oxygen atoms in total. The Balaban J connectivity index is 1.13. The Morgan fingerprint density at radius 3 is 1.50 bits per heavy atom. The molecule has 0 atom stereocenters. The Labute approximate surface area is 257 Å². The number of ether oxygens (including phenoxy) is 5. The van der Waals surface area contributed by atoms with E-state index in [2.05, 4.69) is 0 Å². The van der Waals surface area contributed by atoms with E-state index in [9.17, 15) is 37.1 Å². The number of nitrogens with zero attached hydrogens (tertiary/aromatic N) is 2. The van der Waals surface area contributed by atoms with Gasteiger partial charge in [0.15, 0.2) is 13.5 Å². The molecular formula is C31H21F3N2O10. The van der Waals surface area contributed by atoms with Crippen LogP contribution in [0, 0.1) is 0 Å². The van der Waals surface area contributed by atoms with Gasteiger partial charge in [-0.05, 0) is 66.7 Å². The molecule has 3 aromatic carbocycles. The summed E-state index contributed by atoms with van der Waals surface area (Å²) in [6.45, 7) is -1.25. The number of carbonyl (C=O) groups excluding carboxylic acids is 5. The second kappa shape index (κ2) is 13.3. The molecule has 0 unspecified atom stereocenters. The number of rotatable bonds is 12. The fourth-order valence-electron chi connectivity index (χ4n) is 3.96. The zero-order chi connectivity index (χ0) is 32.8. The van der Waals surface area contributed by atoms with E-state index in [0.717, 1.165) is 46.2 Å². The van der Waals surface area contributed by atoms with Gasteiger partial charge in [0.1, 0.15) is 34.3 Å². The lowest BCUT2D eigenvalue weighted by Gasteiger charge is -2.16. The molecular weight excluding hydrogens is 617 g/mol. The number of alkyl halides is 3. The fraction of sp³-hybridized carbons (Fsp3) is 0.129. The minimum Gasteiger partial charge on any atom is -0.473 e. The van der Waals surface area contributed by atoms with Crippen molar-refractivity contribution < 1.29 is 60.8 Å². The summed E-state index contributed by atoms with van der Waals surface area (Å²) in [7, 11) is 0. The van der Waals surface area contributed by atoms with Crippen LogP contribution < -0.4 is 23.7 Å². The van der Waals surface area contributed by atoms with Crippen molar-refractivity contribution >= 4 is 29.6 Å². The van der Waals surface area contributed by atoms with E-state index in [0.29, 0.717) is 11.8 Å². The molecule has 3 aromatic rings. The summed E-state index contributed by atoms with van der Waals surface area (Å²) in [6, 6.07) is 13.9. The molecule has 0 saturated heterocycles. The summed E-state index contributed by atoms with van der Waals surface area (Å²) in [6.07, 6.45) is -0.413. The Bertz CT molecular complexity index is 1700. The number of carbonyl (C=O) groups is 5. The monoisotopic (exact) mass is 638 g/mol. The van der Waals surface area contributed by atoms with Crippen LogP contribution >= 0.6 is 0 Å². The molecule has 4 amide bonds. The number of esters is 1. The number of imide groups is 2. The SMILES string of the molecule is O=C(Oc1ccc(OCOc2ccc(OCN3C(=O)C=CC3=O)cc2)c(C(F)(F)F)c1)c1ccc(OCN2C(=O)C=CC2=O)cc1. The third kappa shape index (κ3) is 7.50. The normalized spacial score (nSPS) is 14.2. The van der Waals surface area contributed by atoms with Crippen molar-refractivity contribution in [2.75, 3.05) is 20.3 Å². The first-order valence-electron chi connectivity index (χ1n) is 13.2. The maximum absolute atomic E-state index is 13.8. The van der Waals surface area contributed by atoms with Crippen molar-refractivity contribution in [3.05, 3.63) is 102 Å². The molecule has 0 saturated carbocycles. The average Bonchev–Trinajstić information content (AvgIpc) is 3.53. The third-order valence-corrected chi connectivity index (χ3v) is 6.34. The van der Waals surface area contributed by atoms with Gasteiger partial charge in [0.2, 0.25) is 6.79 Å². The van der Waals surface area contributed by atoms with Crippen LogP contribution in [-0.2, 0) is 25.4 Å². The summed E-state index contributed by atoms with van der Waals surface area (Å²) in [5, 5.41) is 0. The summed E-state index contributed by atoms with van der Waals surface area (Å²) in [5.41, 5.74) is -1.22. The van der Waals surface area contributed by atoms with Gasteiger partial charge in [-0.15, -0.1) is 0 Å². The van der Waals surface area contributed by atoms with Crippen LogP contribution in [0.1, 0.15) is 15.9 Å². The first-order valence-corrected chi connectivity index (χ1v) is 13.2. The highest BCUT2D eigenvalue weighted by atomic mass is 19.4. The van der Waals surface area contributed by atoms with Gasteiger partial charge in [-0.1, -0.05) is 0 Å². The number of benzene rings is 3. The first kappa shape index (κ1) is 31.3. The molecule has 46 heavy (non-hydrogen) atoms. The first-order chi connectivity index (χ1) is 22.0. The highest BCUT2D eigenvalue weighted by molar-refractivity contribution is 6.13. The van der Waals surface area contributed by atoms with Crippen molar-refractivity contribution in [3.8, 4) is 28.7 Å². The average molecular weight is 639 g/mol. The molecule has 2 aliphatic rings. The topological polar surface area (TPSA) is 138 Å². The van der Waals surface area contributed by atoms with E-state index in [4.69, 9.17) is 23.7 Å². The van der Waals surface area contributed by atoms with Gasteiger partial charge in [0.05, 0.1) is 5.56 Å². The molecule has 0 aromatic heterocycles. The van der Waals surface area contributed by atoms with Crippen molar-refractivity contribution in [3.63, 3.8) is 0 Å². The minimum atomic E-state index is -4.86. The predicted octanol–water partition coefficient (Wildman–Crippen LogP) is 3.86. The predicted molar refractivity (Wildman–Crippen MR) is 148 cm³/mol. The Kier molecular flexibility index (Phi) is 9.02. The number of hydrogen-bond donors (Lipinski definition) is 0. The van der Waals surface area contributed by atoms with Crippen LogP contribution in [0.5, 0.6) is 28.7 Å². The maximum Gasteiger partial charge on any atom is 0.420 e. The molecule has 0 bridgehead atoms. The molecule has 2 aliphatic heterocycles. The van der Waals surface area contributed by atoms with Gasteiger partial charge in [0, 0.05) is 24.3 Å². The lowest BCUT2D eigenvalue weighted by atomic mass is 10.1. The van der Waals surface area contributed by atoms with E-state index in [1.54, 1.807) is 0 Å². The second-order valence-corrected chi connectivity index (χ2v) is 9.37. The van der Waals surface area contributed by atoms with Crippen molar-refractivity contribution in [1.82, 2.24) is 9.80 Å². The van der Waals surface area contributed by atoms with Crippen LogP contribution in [0.25, 0.3) is 0 Å². The van der Waals surface area contributed by atoms with Gasteiger partial charge < -0.3 is 23.7 Å². The smallest absolute Gasteiger partial charge is 0.420 e. The number of hydrogen-bond acceptors (Lipinski definition) is 10. The van der Waals surface area contributed by atoms with Gasteiger partial charge in [-0.3, -0.25) is 19.2 Å². The van der Waals surface area contributed by atoms with E-state index >= 15 is 0 Å². The molecule has 0 radical (unpaired) electrons. The molecule has 0 fully saturated rings. The van der Waals surface area contributed by atoms with Crippen LogP contribution in [0.4, 0.5) is 13.2 Å². The quantitative estimate of drug-likeness (QED) is 0.124. The van der Waals surface area contributed by atoms with Crippen LogP contribution in [0.2, 0.25) is 0 Å². The Morgan fingerprint density at radius 2 is 1.02 bits per heavy atom. The van der Waals surface area contributed by atoms with E-state index in [1.807, 2.05) is 0 Å². The van der Waals surface area contributed by atoms with E-state index in [-0.39, 0.29) is 30.5 Å². The third-order valence-electron chi connectivity index (χ3n) is 6.34. The lowest BCUT2D eigenvalue weighted by Crippen LogP contribution is -2.33. The molecule has 15 heteroatoms. The zero-order valence-corrected chi connectivity index (χ0v) is 23.4. The van der Waals surface area contributed by atoms with Gasteiger partial charge in [-0.25, -0.2) is 14.6 Å². The number of amides is 4. The summed E-state index contributed by atoms with van der Waals surface area (Å²) in [5.74, 6) is -3.23. The van der Waals surface area contributed by atoms with Crippen molar-refractivity contribution in [2.24, 2.45) is 0 Å². The Hall–Kier alpha value is -6.12. The minimum absolute atomic E-state index is 0.00363. The molecule has 0 spiro atoms. The number of halogens is 3. The molecule has 236 valence electrons. The van der Waals surface area contributed by atoms with Crippen molar-refractivity contribution in [1.29, 1.82) is 0 Å². The maximum atomic E-state index is 13.8. The summed E-state index contributed by atoms with van der Waals surface area (Å²) in [4.78, 5) is 60.6. The standard InChI is InChI=1S/C31H21F3N2O10/c32-31(33,34)24-15-23(46-30(41)19-1-3-20(4-2-19)42-16-35-26(37)11-12-27(35)38)9-10-25(24)45-18-44-22-7-5-21(6-8-22)43-17-36-28(39)13-14-29(36)40/h1-15H,16-18H2. The van der Waals surface area contributed by atoms with Crippen LogP contribution in [0.3, 0.4) is 0 Å². The van der Waals surface area contributed by atoms with Gasteiger partial charge >= 0.3 is 12.1 Å². The molecule has 0 N–H and O–H groups in total. The molecule has 5 rings (SSSR count). The Morgan fingerprint density at radius 1 is 0.587 bits per heavy atom. The van der Waals surface area contributed by atoms with Gasteiger partial charge in [-0.2, -0.15) is 13.2 Å². The van der Waals surface area contributed by atoms with E-state index < -0.39 is 59.6 Å². The highest BCUT2D eigenvalue weighted by Gasteiger charge is 2.35. The van der Waals surface area contributed by atoms with Crippen LogP contribution in [-0.4, -0.2) is 59.7 Å².